The summed E-state index contributed by atoms with van der Waals surface area (Å²) in [5.41, 5.74) is 0.899. The van der Waals surface area contributed by atoms with Gasteiger partial charge >= 0.3 is 0 Å². The SMILES string of the molecule is CC(Nc1ncnc2[nH]cc(C#N)c12)c1nn2ccc(Cl)c2c(=O)n1-c1cccc(F)c1. The van der Waals surface area contributed by atoms with Crippen molar-refractivity contribution in [3.8, 4) is 11.8 Å². The molecule has 9 nitrogen and oxygen atoms in total. The molecule has 0 spiro atoms. The number of nitrogens with one attached hydrogen (secondary N) is 2. The molecule has 1 aromatic carbocycles. The van der Waals surface area contributed by atoms with Crippen LogP contribution in [0.2, 0.25) is 5.02 Å². The Morgan fingerprint density at radius 2 is 2.16 bits per heavy atom. The highest BCUT2D eigenvalue weighted by molar-refractivity contribution is 6.33. The number of benzene rings is 1. The van der Waals surface area contributed by atoms with Crippen LogP contribution >= 0.6 is 11.6 Å². The molecule has 0 aliphatic rings. The van der Waals surface area contributed by atoms with Gasteiger partial charge in [-0.05, 0) is 31.2 Å². The van der Waals surface area contributed by atoms with Crippen molar-refractivity contribution in [3.05, 3.63) is 81.6 Å². The Balaban J connectivity index is 1.70. The van der Waals surface area contributed by atoms with Crippen LogP contribution in [0.3, 0.4) is 0 Å². The molecule has 0 bridgehead atoms. The van der Waals surface area contributed by atoms with Gasteiger partial charge in [0.15, 0.2) is 5.82 Å². The highest BCUT2D eigenvalue weighted by Crippen LogP contribution is 2.27. The second kappa shape index (κ2) is 7.47. The topological polar surface area (TPSA) is 117 Å². The second-order valence-corrected chi connectivity index (χ2v) is 7.47. The largest absolute Gasteiger partial charge is 0.360 e. The van der Waals surface area contributed by atoms with Crippen molar-refractivity contribution in [3.63, 3.8) is 0 Å². The maximum atomic E-state index is 14.0. The number of aromatic nitrogens is 6. The van der Waals surface area contributed by atoms with Crippen LogP contribution in [0.25, 0.3) is 22.2 Å². The van der Waals surface area contributed by atoms with Crippen LogP contribution in [0.5, 0.6) is 0 Å². The zero-order valence-corrected chi connectivity index (χ0v) is 17.3. The third kappa shape index (κ3) is 3.07. The third-order valence-corrected chi connectivity index (χ3v) is 5.36. The summed E-state index contributed by atoms with van der Waals surface area (Å²) in [6, 6.07) is 8.75. The van der Waals surface area contributed by atoms with Crippen molar-refractivity contribution in [2.24, 2.45) is 0 Å². The van der Waals surface area contributed by atoms with E-state index in [1.54, 1.807) is 31.5 Å². The molecular formula is C21H14ClFN8O. The van der Waals surface area contributed by atoms with Gasteiger partial charge in [0.1, 0.15) is 35.2 Å². The van der Waals surface area contributed by atoms with E-state index in [9.17, 15) is 14.4 Å². The first-order valence-electron chi connectivity index (χ1n) is 9.52. The molecule has 0 saturated heterocycles. The number of hydrogen-bond donors (Lipinski definition) is 2. The molecule has 11 heteroatoms. The number of fused-ring (bicyclic) bond motifs is 2. The molecule has 4 heterocycles. The lowest BCUT2D eigenvalue weighted by Gasteiger charge is -2.20. The van der Waals surface area contributed by atoms with E-state index in [-0.39, 0.29) is 10.5 Å². The molecule has 5 aromatic rings. The van der Waals surface area contributed by atoms with Crippen LogP contribution in [0, 0.1) is 17.1 Å². The van der Waals surface area contributed by atoms with Gasteiger partial charge in [0.2, 0.25) is 0 Å². The standard InChI is InChI=1S/C21H14ClFN8O/c1-11(28-19-16-12(8-24)9-25-18(16)26-10-27-19)20-29-30-6-5-15(22)17(30)21(32)31(20)14-4-2-3-13(23)7-14/h2-7,9-11H,1H3,(H2,25,26,27,28). The summed E-state index contributed by atoms with van der Waals surface area (Å²) in [5, 5.41) is 17.9. The van der Waals surface area contributed by atoms with Crippen LogP contribution in [-0.2, 0) is 0 Å². The molecule has 0 radical (unpaired) electrons. The Labute approximate surface area is 184 Å². The van der Waals surface area contributed by atoms with Crippen molar-refractivity contribution in [2.75, 3.05) is 5.32 Å². The molecule has 0 saturated carbocycles. The van der Waals surface area contributed by atoms with Gasteiger partial charge in [-0.3, -0.25) is 9.36 Å². The Morgan fingerprint density at radius 1 is 1.31 bits per heavy atom. The summed E-state index contributed by atoms with van der Waals surface area (Å²) in [7, 11) is 0. The molecule has 0 aliphatic heterocycles. The van der Waals surface area contributed by atoms with E-state index < -0.39 is 17.4 Å². The van der Waals surface area contributed by atoms with Crippen LogP contribution in [0.1, 0.15) is 24.4 Å². The van der Waals surface area contributed by atoms with Crippen LogP contribution in [0.15, 0.2) is 53.8 Å². The maximum Gasteiger partial charge on any atom is 0.284 e. The normalized spacial score (nSPS) is 12.2. The highest BCUT2D eigenvalue weighted by Gasteiger charge is 2.22. The van der Waals surface area contributed by atoms with Gasteiger partial charge in [-0.2, -0.15) is 10.4 Å². The first-order chi connectivity index (χ1) is 15.5. The molecule has 1 atom stereocenters. The monoisotopic (exact) mass is 448 g/mol. The number of anilines is 1. The van der Waals surface area contributed by atoms with Gasteiger partial charge in [-0.15, -0.1) is 0 Å². The molecule has 1 unspecified atom stereocenters. The summed E-state index contributed by atoms with van der Waals surface area (Å²) >= 11 is 6.20. The fourth-order valence-corrected chi connectivity index (χ4v) is 3.85. The van der Waals surface area contributed by atoms with Crippen molar-refractivity contribution in [2.45, 2.75) is 13.0 Å². The lowest BCUT2D eigenvalue weighted by Crippen LogP contribution is -2.29. The number of hydrogen-bond acceptors (Lipinski definition) is 6. The summed E-state index contributed by atoms with van der Waals surface area (Å²) < 4.78 is 16.7. The Morgan fingerprint density at radius 3 is 2.94 bits per heavy atom. The predicted molar refractivity (Wildman–Crippen MR) is 116 cm³/mol. The van der Waals surface area contributed by atoms with E-state index in [4.69, 9.17) is 11.6 Å². The molecular weight excluding hydrogens is 435 g/mol. The number of halogens is 2. The van der Waals surface area contributed by atoms with E-state index in [1.165, 1.54) is 33.6 Å². The minimum Gasteiger partial charge on any atom is -0.360 e. The average Bonchev–Trinajstić information content (AvgIpc) is 3.37. The van der Waals surface area contributed by atoms with E-state index in [2.05, 4.69) is 31.4 Å². The first kappa shape index (κ1) is 19.7. The number of rotatable bonds is 4. The first-order valence-corrected chi connectivity index (χ1v) is 9.90. The van der Waals surface area contributed by atoms with Gasteiger partial charge in [-0.25, -0.2) is 18.9 Å². The molecule has 4 aromatic heterocycles. The van der Waals surface area contributed by atoms with Crippen molar-refractivity contribution < 1.29 is 4.39 Å². The molecule has 158 valence electrons. The summed E-state index contributed by atoms with van der Waals surface area (Å²) in [6.07, 6.45) is 4.48. The minimum atomic E-state index is -0.573. The van der Waals surface area contributed by atoms with Crippen LogP contribution < -0.4 is 10.9 Å². The van der Waals surface area contributed by atoms with Gasteiger partial charge in [0.25, 0.3) is 5.56 Å². The van der Waals surface area contributed by atoms with Gasteiger partial charge in [-0.1, -0.05) is 17.7 Å². The molecule has 5 rings (SSSR count). The number of nitrogens with zero attached hydrogens (tertiary/aromatic N) is 6. The lowest BCUT2D eigenvalue weighted by molar-refractivity contribution is 0.622. The zero-order valence-electron chi connectivity index (χ0n) is 16.5. The smallest absolute Gasteiger partial charge is 0.284 e. The van der Waals surface area contributed by atoms with Gasteiger partial charge in [0, 0.05) is 12.4 Å². The number of nitriles is 1. The van der Waals surface area contributed by atoms with E-state index in [0.29, 0.717) is 33.9 Å². The van der Waals surface area contributed by atoms with E-state index >= 15 is 0 Å². The lowest BCUT2D eigenvalue weighted by atomic mass is 10.2. The second-order valence-electron chi connectivity index (χ2n) is 7.06. The number of aromatic amines is 1. The predicted octanol–water partition coefficient (Wildman–Crippen LogP) is 3.59. The fourth-order valence-electron chi connectivity index (χ4n) is 3.62. The fraction of sp³-hybridized carbons (Fsp3) is 0.0952. The van der Waals surface area contributed by atoms with E-state index in [0.717, 1.165) is 0 Å². The van der Waals surface area contributed by atoms with Crippen molar-refractivity contribution >= 4 is 34.0 Å². The zero-order chi connectivity index (χ0) is 22.4. The van der Waals surface area contributed by atoms with Crippen molar-refractivity contribution in [1.29, 1.82) is 5.26 Å². The summed E-state index contributed by atoms with van der Waals surface area (Å²) in [4.78, 5) is 24.7. The minimum absolute atomic E-state index is 0.175. The van der Waals surface area contributed by atoms with Gasteiger partial charge in [0.05, 0.1) is 27.7 Å². The van der Waals surface area contributed by atoms with Crippen LogP contribution in [0.4, 0.5) is 10.2 Å². The highest BCUT2D eigenvalue weighted by atomic mass is 35.5. The van der Waals surface area contributed by atoms with Crippen molar-refractivity contribution in [1.82, 2.24) is 29.1 Å². The average molecular weight is 449 g/mol. The molecule has 2 N–H and O–H groups in total. The molecule has 0 fully saturated rings. The quantitative estimate of drug-likeness (QED) is 0.434. The third-order valence-electron chi connectivity index (χ3n) is 5.06. The summed E-state index contributed by atoms with van der Waals surface area (Å²) in [6.45, 7) is 1.78. The Bertz CT molecular complexity index is 1600. The molecule has 0 aliphatic carbocycles. The molecule has 0 amide bonds. The Hall–Kier alpha value is -4.23. The summed E-state index contributed by atoms with van der Waals surface area (Å²) in [5.74, 6) is 0.193. The molecule has 32 heavy (non-hydrogen) atoms. The maximum absolute atomic E-state index is 14.0. The van der Waals surface area contributed by atoms with Gasteiger partial charge < -0.3 is 10.3 Å². The number of H-pyrrole nitrogens is 1. The van der Waals surface area contributed by atoms with Crippen LogP contribution in [-0.4, -0.2) is 29.1 Å². The Kier molecular flexibility index (Phi) is 4.61. The van der Waals surface area contributed by atoms with E-state index in [1.807, 2.05) is 0 Å².